The van der Waals surface area contributed by atoms with Crippen LogP contribution in [-0.2, 0) is 4.79 Å². The molecule has 0 aliphatic heterocycles. The molecular weight excluding hydrogens is 220 g/mol. The molecule has 0 N–H and O–H groups in total. The van der Waals surface area contributed by atoms with Crippen molar-refractivity contribution < 1.29 is 9.53 Å². The first-order valence-corrected chi connectivity index (χ1v) is 5.11. The Morgan fingerprint density at radius 1 is 1.29 bits per heavy atom. The molecule has 0 amide bonds. The van der Waals surface area contributed by atoms with E-state index in [-0.39, 0.29) is 5.88 Å². The molecule has 0 unspecified atom stereocenters. The van der Waals surface area contributed by atoms with E-state index >= 15 is 0 Å². The van der Waals surface area contributed by atoms with Crippen LogP contribution in [0.25, 0.3) is 5.69 Å². The topological polar surface area (TPSA) is 69.9 Å². The number of rotatable bonds is 2. The number of hydrogen-bond donors (Lipinski definition) is 0. The summed E-state index contributed by atoms with van der Waals surface area (Å²) in [5, 5.41) is 8.21. The molecule has 0 radical (unpaired) electrons. The SMILES string of the molecule is CC(=O)Oc1nc(C)ccc1-n1ncc(C)n1. The highest BCUT2D eigenvalue weighted by Crippen LogP contribution is 2.19. The van der Waals surface area contributed by atoms with E-state index in [1.165, 1.54) is 11.7 Å². The number of esters is 1. The molecule has 0 fully saturated rings. The van der Waals surface area contributed by atoms with Crippen LogP contribution < -0.4 is 4.74 Å². The summed E-state index contributed by atoms with van der Waals surface area (Å²) in [7, 11) is 0. The van der Waals surface area contributed by atoms with Gasteiger partial charge in [0.15, 0.2) is 0 Å². The summed E-state index contributed by atoms with van der Waals surface area (Å²) >= 11 is 0. The third kappa shape index (κ3) is 2.47. The number of aryl methyl sites for hydroxylation is 2. The number of carbonyl (C=O) groups excluding carboxylic acids is 1. The number of carbonyl (C=O) groups is 1. The summed E-state index contributed by atoms with van der Waals surface area (Å²) < 4.78 is 5.04. The minimum atomic E-state index is -0.423. The van der Waals surface area contributed by atoms with Crippen molar-refractivity contribution in [2.45, 2.75) is 20.8 Å². The lowest BCUT2D eigenvalue weighted by Gasteiger charge is -2.07. The molecule has 0 saturated heterocycles. The second-order valence-electron chi connectivity index (χ2n) is 3.65. The van der Waals surface area contributed by atoms with Crippen LogP contribution >= 0.6 is 0 Å². The third-order valence-electron chi connectivity index (χ3n) is 2.04. The Morgan fingerprint density at radius 2 is 2.06 bits per heavy atom. The molecule has 0 saturated carbocycles. The van der Waals surface area contributed by atoms with Gasteiger partial charge >= 0.3 is 5.97 Å². The lowest BCUT2D eigenvalue weighted by Crippen LogP contribution is -2.09. The fraction of sp³-hybridized carbons (Fsp3) is 0.273. The Bertz CT molecular complexity index is 562. The maximum absolute atomic E-state index is 11.0. The van der Waals surface area contributed by atoms with Gasteiger partial charge in [0.25, 0.3) is 5.88 Å². The van der Waals surface area contributed by atoms with Gasteiger partial charge in [0.05, 0.1) is 11.9 Å². The van der Waals surface area contributed by atoms with Crippen molar-refractivity contribution in [2.24, 2.45) is 0 Å². The molecule has 6 heteroatoms. The fourth-order valence-corrected chi connectivity index (χ4v) is 1.34. The number of nitrogens with zero attached hydrogens (tertiary/aromatic N) is 4. The Kier molecular flexibility index (Phi) is 2.86. The Labute approximate surface area is 98.2 Å². The smallest absolute Gasteiger partial charge is 0.309 e. The Balaban J connectivity index is 2.49. The summed E-state index contributed by atoms with van der Waals surface area (Å²) in [5.41, 5.74) is 2.08. The molecule has 6 nitrogen and oxygen atoms in total. The molecule has 0 aliphatic carbocycles. The predicted octanol–water partition coefficient (Wildman–Crippen LogP) is 1.20. The summed E-state index contributed by atoms with van der Waals surface area (Å²) in [6.07, 6.45) is 1.62. The van der Waals surface area contributed by atoms with Gasteiger partial charge in [-0.3, -0.25) is 4.79 Å². The molecule has 0 atom stereocenters. The lowest BCUT2D eigenvalue weighted by atomic mass is 10.3. The van der Waals surface area contributed by atoms with Crippen LogP contribution in [0.5, 0.6) is 5.88 Å². The third-order valence-corrected chi connectivity index (χ3v) is 2.04. The van der Waals surface area contributed by atoms with Gasteiger partial charge in [-0.15, -0.1) is 4.80 Å². The zero-order chi connectivity index (χ0) is 12.4. The Hall–Kier alpha value is -2.24. The van der Waals surface area contributed by atoms with Gasteiger partial charge < -0.3 is 4.74 Å². The van der Waals surface area contributed by atoms with Crippen LogP contribution in [0.2, 0.25) is 0 Å². The van der Waals surface area contributed by atoms with Crippen molar-refractivity contribution in [3.63, 3.8) is 0 Å². The van der Waals surface area contributed by atoms with E-state index < -0.39 is 5.97 Å². The van der Waals surface area contributed by atoms with E-state index in [0.717, 1.165) is 11.4 Å². The predicted molar refractivity (Wildman–Crippen MR) is 59.9 cm³/mol. The van der Waals surface area contributed by atoms with E-state index in [4.69, 9.17) is 4.74 Å². The van der Waals surface area contributed by atoms with Crippen LogP contribution in [-0.4, -0.2) is 25.9 Å². The van der Waals surface area contributed by atoms with E-state index in [2.05, 4.69) is 15.2 Å². The number of pyridine rings is 1. The van der Waals surface area contributed by atoms with Crippen molar-refractivity contribution >= 4 is 5.97 Å². The second kappa shape index (κ2) is 4.32. The summed E-state index contributed by atoms with van der Waals surface area (Å²) in [5.74, 6) is -0.207. The molecule has 2 heterocycles. The van der Waals surface area contributed by atoms with E-state index in [1.807, 2.05) is 13.8 Å². The molecular formula is C11H12N4O2. The van der Waals surface area contributed by atoms with Crippen molar-refractivity contribution in [2.75, 3.05) is 0 Å². The van der Waals surface area contributed by atoms with Crippen molar-refractivity contribution in [3.8, 4) is 11.6 Å². The molecule has 0 aromatic carbocycles. The molecule has 17 heavy (non-hydrogen) atoms. The normalized spacial score (nSPS) is 10.3. The largest absolute Gasteiger partial charge is 0.405 e. The minimum absolute atomic E-state index is 0.216. The van der Waals surface area contributed by atoms with Crippen LogP contribution in [0.1, 0.15) is 18.3 Å². The van der Waals surface area contributed by atoms with Crippen LogP contribution in [0.15, 0.2) is 18.3 Å². The van der Waals surface area contributed by atoms with Gasteiger partial charge in [0.2, 0.25) is 0 Å². The number of ether oxygens (including phenoxy) is 1. The maximum atomic E-state index is 11.0. The average molecular weight is 232 g/mol. The van der Waals surface area contributed by atoms with E-state index in [9.17, 15) is 4.79 Å². The number of aromatic nitrogens is 4. The molecule has 2 aromatic heterocycles. The van der Waals surface area contributed by atoms with Crippen molar-refractivity contribution in [1.82, 2.24) is 20.0 Å². The minimum Gasteiger partial charge on any atom is -0.405 e. The fourth-order valence-electron chi connectivity index (χ4n) is 1.34. The molecule has 88 valence electrons. The van der Waals surface area contributed by atoms with Gasteiger partial charge in [-0.2, -0.15) is 10.2 Å². The van der Waals surface area contributed by atoms with Gasteiger partial charge in [0, 0.05) is 12.6 Å². The van der Waals surface area contributed by atoms with Crippen molar-refractivity contribution in [1.29, 1.82) is 0 Å². The quantitative estimate of drug-likeness (QED) is 0.728. The molecule has 0 bridgehead atoms. The average Bonchev–Trinajstić information content (AvgIpc) is 2.64. The summed E-state index contributed by atoms with van der Waals surface area (Å²) in [4.78, 5) is 16.5. The molecule has 2 rings (SSSR count). The van der Waals surface area contributed by atoms with Gasteiger partial charge in [-0.05, 0) is 26.0 Å². The van der Waals surface area contributed by atoms with E-state index in [1.54, 1.807) is 18.3 Å². The number of hydrogen-bond acceptors (Lipinski definition) is 5. The highest BCUT2D eigenvalue weighted by Gasteiger charge is 2.12. The monoisotopic (exact) mass is 232 g/mol. The van der Waals surface area contributed by atoms with Gasteiger partial charge in [0.1, 0.15) is 5.69 Å². The Morgan fingerprint density at radius 3 is 2.65 bits per heavy atom. The van der Waals surface area contributed by atoms with Gasteiger partial charge in [-0.25, -0.2) is 4.98 Å². The molecule has 0 aliphatic rings. The highest BCUT2D eigenvalue weighted by molar-refractivity contribution is 5.70. The summed E-state index contributed by atoms with van der Waals surface area (Å²) in [6.45, 7) is 4.98. The first-order chi connectivity index (χ1) is 8.06. The highest BCUT2D eigenvalue weighted by atomic mass is 16.5. The first kappa shape index (κ1) is 11.3. The van der Waals surface area contributed by atoms with E-state index in [0.29, 0.717) is 5.69 Å². The van der Waals surface area contributed by atoms with Gasteiger partial charge in [-0.1, -0.05) is 0 Å². The second-order valence-corrected chi connectivity index (χ2v) is 3.65. The molecule has 0 spiro atoms. The molecule has 2 aromatic rings. The summed E-state index contributed by atoms with van der Waals surface area (Å²) in [6, 6.07) is 3.57. The van der Waals surface area contributed by atoms with Crippen molar-refractivity contribution in [3.05, 3.63) is 29.7 Å². The van der Waals surface area contributed by atoms with Crippen LogP contribution in [0, 0.1) is 13.8 Å². The zero-order valence-electron chi connectivity index (χ0n) is 9.84. The van der Waals surface area contributed by atoms with Crippen LogP contribution in [0.3, 0.4) is 0 Å². The zero-order valence-corrected chi connectivity index (χ0v) is 9.84. The standard InChI is InChI=1S/C11H12N4O2/c1-7-4-5-10(11(13-7)17-9(3)16)15-12-6-8(2)14-15/h4-6H,1-3H3. The first-order valence-electron chi connectivity index (χ1n) is 5.11. The van der Waals surface area contributed by atoms with Crippen LogP contribution in [0.4, 0.5) is 0 Å². The lowest BCUT2D eigenvalue weighted by molar-refractivity contribution is -0.132. The maximum Gasteiger partial charge on any atom is 0.309 e.